The van der Waals surface area contributed by atoms with Gasteiger partial charge in [0.15, 0.2) is 0 Å². The van der Waals surface area contributed by atoms with Crippen LogP contribution >= 0.6 is 0 Å². The molecule has 0 saturated heterocycles. The zero-order valence-corrected chi connectivity index (χ0v) is 12.6. The third kappa shape index (κ3) is 4.18. The SMILES string of the molecule is CCC1CCC(O)(CNCc2cccc(OC)n2)CC1. The molecule has 1 fully saturated rings. The second-order valence-corrected chi connectivity index (χ2v) is 5.85. The Labute approximate surface area is 121 Å². The summed E-state index contributed by atoms with van der Waals surface area (Å²) in [5, 5.41) is 13.9. The highest BCUT2D eigenvalue weighted by Crippen LogP contribution is 2.33. The molecule has 0 amide bonds. The zero-order valence-electron chi connectivity index (χ0n) is 12.6. The molecule has 1 aromatic heterocycles. The maximum Gasteiger partial charge on any atom is 0.213 e. The van der Waals surface area contributed by atoms with Crippen LogP contribution in [0.1, 0.15) is 44.7 Å². The van der Waals surface area contributed by atoms with Gasteiger partial charge < -0.3 is 15.2 Å². The molecular formula is C16H26N2O2. The average molecular weight is 278 g/mol. The van der Waals surface area contributed by atoms with Gasteiger partial charge in [0.05, 0.1) is 18.4 Å². The van der Waals surface area contributed by atoms with Crippen molar-refractivity contribution in [3.8, 4) is 5.88 Å². The molecule has 0 atom stereocenters. The van der Waals surface area contributed by atoms with Gasteiger partial charge in [-0.15, -0.1) is 0 Å². The van der Waals surface area contributed by atoms with Crippen molar-refractivity contribution in [2.75, 3.05) is 13.7 Å². The van der Waals surface area contributed by atoms with Crippen LogP contribution in [0.5, 0.6) is 5.88 Å². The van der Waals surface area contributed by atoms with Crippen molar-refractivity contribution in [3.05, 3.63) is 23.9 Å². The first kappa shape index (κ1) is 15.3. The number of hydrogen-bond acceptors (Lipinski definition) is 4. The van der Waals surface area contributed by atoms with E-state index in [0.717, 1.165) is 37.3 Å². The molecule has 20 heavy (non-hydrogen) atoms. The maximum absolute atomic E-state index is 10.6. The Balaban J connectivity index is 1.77. The number of nitrogens with zero attached hydrogens (tertiary/aromatic N) is 1. The minimum absolute atomic E-state index is 0.537. The second-order valence-electron chi connectivity index (χ2n) is 5.85. The van der Waals surface area contributed by atoms with Crippen molar-refractivity contribution in [2.45, 2.75) is 51.2 Å². The normalized spacial score (nSPS) is 26.4. The number of pyridine rings is 1. The lowest BCUT2D eigenvalue weighted by Gasteiger charge is -2.36. The quantitative estimate of drug-likeness (QED) is 0.839. The molecule has 1 aromatic rings. The summed E-state index contributed by atoms with van der Waals surface area (Å²) < 4.78 is 5.11. The van der Waals surface area contributed by atoms with E-state index in [9.17, 15) is 5.11 Å². The molecular weight excluding hydrogens is 252 g/mol. The first-order valence-electron chi connectivity index (χ1n) is 7.58. The Bertz CT molecular complexity index is 415. The third-order valence-corrected chi connectivity index (χ3v) is 4.36. The van der Waals surface area contributed by atoms with E-state index in [1.54, 1.807) is 7.11 Å². The second kappa shape index (κ2) is 7.04. The number of hydrogen-bond donors (Lipinski definition) is 2. The number of rotatable bonds is 6. The van der Waals surface area contributed by atoms with Crippen molar-refractivity contribution < 1.29 is 9.84 Å². The third-order valence-electron chi connectivity index (χ3n) is 4.36. The number of methoxy groups -OCH3 is 1. The van der Waals surface area contributed by atoms with Crippen molar-refractivity contribution >= 4 is 0 Å². The Kier molecular flexibility index (Phi) is 5.38. The predicted molar refractivity (Wildman–Crippen MR) is 79.7 cm³/mol. The average Bonchev–Trinajstić information content (AvgIpc) is 2.48. The molecule has 2 rings (SSSR count). The smallest absolute Gasteiger partial charge is 0.213 e. The maximum atomic E-state index is 10.6. The summed E-state index contributed by atoms with van der Waals surface area (Å²) in [4.78, 5) is 4.36. The highest BCUT2D eigenvalue weighted by Gasteiger charge is 2.32. The summed E-state index contributed by atoms with van der Waals surface area (Å²) in [5.41, 5.74) is 0.403. The molecule has 1 aliphatic carbocycles. The van der Waals surface area contributed by atoms with Gasteiger partial charge in [-0.25, -0.2) is 4.98 Å². The predicted octanol–water partition coefficient (Wildman–Crippen LogP) is 2.51. The first-order valence-corrected chi connectivity index (χ1v) is 7.58. The summed E-state index contributed by atoms with van der Waals surface area (Å²) in [6.07, 6.45) is 5.34. The Morgan fingerprint density at radius 1 is 1.40 bits per heavy atom. The molecule has 0 bridgehead atoms. The van der Waals surface area contributed by atoms with Gasteiger partial charge in [0.1, 0.15) is 0 Å². The van der Waals surface area contributed by atoms with E-state index >= 15 is 0 Å². The van der Waals surface area contributed by atoms with Gasteiger partial charge in [0, 0.05) is 19.2 Å². The van der Waals surface area contributed by atoms with Crippen LogP contribution in [0.4, 0.5) is 0 Å². The van der Waals surface area contributed by atoms with Crippen LogP contribution in [0.2, 0.25) is 0 Å². The summed E-state index contributed by atoms with van der Waals surface area (Å²) in [5.74, 6) is 1.43. The summed E-state index contributed by atoms with van der Waals surface area (Å²) in [6.45, 7) is 3.54. The molecule has 0 radical (unpaired) electrons. The van der Waals surface area contributed by atoms with E-state index in [0.29, 0.717) is 19.0 Å². The summed E-state index contributed by atoms with van der Waals surface area (Å²) in [7, 11) is 1.62. The van der Waals surface area contributed by atoms with Gasteiger partial charge >= 0.3 is 0 Å². The molecule has 0 spiro atoms. The van der Waals surface area contributed by atoms with Crippen molar-refractivity contribution in [3.63, 3.8) is 0 Å². The van der Waals surface area contributed by atoms with Gasteiger partial charge in [-0.2, -0.15) is 0 Å². The number of aliphatic hydroxyl groups is 1. The van der Waals surface area contributed by atoms with Gasteiger partial charge in [-0.3, -0.25) is 0 Å². The molecule has 0 aliphatic heterocycles. The molecule has 1 saturated carbocycles. The fourth-order valence-corrected chi connectivity index (χ4v) is 2.89. The van der Waals surface area contributed by atoms with Crippen LogP contribution in [-0.4, -0.2) is 29.3 Å². The molecule has 0 aromatic carbocycles. The monoisotopic (exact) mass is 278 g/mol. The zero-order chi connectivity index (χ0) is 14.4. The van der Waals surface area contributed by atoms with E-state index in [1.165, 1.54) is 6.42 Å². The molecule has 1 heterocycles. The Hall–Kier alpha value is -1.13. The van der Waals surface area contributed by atoms with Gasteiger partial charge in [-0.05, 0) is 37.7 Å². The van der Waals surface area contributed by atoms with Crippen LogP contribution in [0, 0.1) is 5.92 Å². The molecule has 1 aliphatic rings. The lowest BCUT2D eigenvalue weighted by atomic mass is 9.78. The minimum atomic E-state index is -0.537. The van der Waals surface area contributed by atoms with Gasteiger partial charge in [-0.1, -0.05) is 19.4 Å². The molecule has 4 heteroatoms. The van der Waals surface area contributed by atoms with Crippen LogP contribution in [0.15, 0.2) is 18.2 Å². The molecule has 112 valence electrons. The van der Waals surface area contributed by atoms with Crippen LogP contribution < -0.4 is 10.1 Å². The van der Waals surface area contributed by atoms with E-state index in [1.807, 2.05) is 18.2 Å². The van der Waals surface area contributed by atoms with E-state index in [-0.39, 0.29) is 0 Å². The van der Waals surface area contributed by atoms with Crippen LogP contribution in [-0.2, 0) is 6.54 Å². The molecule has 4 nitrogen and oxygen atoms in total. The number of aromatic nitrogens is 1. The number of nitrogens with one attached hydrogen (secondary N) is 1. The highest BCUT2D eigenvalue weighted by atomic mass is 16.5. The lowest BCUT2D eigenvalue weighted by Crippen LogP contribution is -2.43. The van der Waals surface area contributed by atoms with Gasteiger partial charge in [0.2, 0.25) is 5.88 Å². The topological polar surface area (TPSA) is 54.4 Å². The largest absolute Gasteiger partial charge is 0.481 e. The van der Waals surface area contributed by atoms with Gasteiger partial charge in [0.25, 0.3) is 0 Å². The minimum Gasteiger partial charge on any atom is -0.481 e. The van der Waals surface area contributed by atoms with Crippen LogP contribution in [0.3, 0.4) is 0 Å². The fourth-order valence-electron chi connectivity index (χ4n) is 2.89. The molecule has 0 unspecified atom stereocenters. The number of ether oxygens (including phenoxy) is 1. The van der Waals surface area contributed by atoms with Crippen molar-refractivity contribution in [2.24, 2.45) is 5.92 Å². The molecule has 2 N–H and O–H groups in total. The Morgan fingerprint density at radius 3 is 2.80 bits per heavy atom. The van der Waals surface area contributed by atoms with Crippen molar-refractivity contribution in [1.29, 1.82) is 0 Å². The lowest BCUT2D eigenvalue weighted by molar-refractivity contribution is -0.00886. The van der Waals surface area contributed by atoms with Crippen LogP contribution in [0.25, 0.3) is 0 Å². The highest BCUT2D eigenvalue weighted by molar-refractivity contribution is 5.15. The van der Waals surface area contributed by atoms with Crippen molar-refractivity contribution in [1.82, 2.24) is 10.3 Å². The fraction of sp³-hybridized carbons (Fsp3) is 0.688. The standard InChI is InChI=1S/C16H26N2O2/c1-3-13-7-9-16(19,10-8-13)12-17-11-14-5-4-6-15(18-14)20-2/h4-6,13,17,19H,3,7-12H2,1-2H3. The summed E-state index contributed by atoms with van der Waals surface area (Å²) in [6, 6.07) is 5.74. The summed E-state index contributed by atoms with van der Waals surface area (Å²) >= 11 is 0. The van der Waals surface area contributed by atoms with E-state index < -0.39 is 5.60 Å². The Morgan fingerprint density at radius 2 is 2.15 bits per heavy atom. The van der Waals surface area contributed by atoms with E-state index in [4.69, 9.17) is 4.74 Å². The first-order chi connectivity index (χ1) is 9.65. The van der Waals surface area contributed by atoms with E-state index in [2.05, 4.69) is 17.2 Å².